The molecule has 1 heterocycles. The van der Waals surface area contributed by atoms with Crippen LogP contribution in [-0.2, 0) is 4.79 Å². The van der Waals surface area contributed by atoms with Gasteiger partial charge in [-0.2, -0.15) is 0 Å². The highest BCUT2D eigenvalue weighted by Crippen LogP contribution is 2.16. The third-order valence-corrected chi connectivity index (χ3v) is 3.60. The molecule has 1 atom stereocenters. The van der Waals surface area contributed by atoms with Gasteiger partial charge in [0.1, 0.15) is 4.60 Å². The minimum absolute atomic E-state index is 0.0134. The number of carbonyl (C=O) groups is 2. The first-order chi connectivity index (χ1) is 10.1. The Bertz CT molecular complexity index is 646. The molecular weight excluding hydrogens is 336 g/mol. The maximum atomic E-state index is 12.0. The minimum Gasteiger partial charge on any atom is -0.481 e. The molecule has 1 amide bonds. The first-order valence-corrected chi connectivity index (χ1v) is 7.05. The van der Waals surface area contributed by atoms with E-state index in [4.69, 9.17) is 0 Å². The number of hydrogen-bond acceptors (Lipinski definition) is 3. The smallest absolute Gasteiger partial charge is 0.312 e. The number of carboxylic acid groups (broad SMARTS) is 1. The van der Waals surface area contributed by atoms with Crippen LogP contribution in [0.2, 0.25) is 0 Å². The van der Waals surface area contributed by atoms with E-state index in [-0.39, 0.29) is 12.5 Å². The fraction of sp³-hybridized carbons (Fsp3) is 0.133. The molecule has 0 radical (unpaired) electrons. The van der Waals surface area contributed by atoms with Crippen molar-refractivity contribution in [2.75, 3.05) is 6.54 Å². The molecule has 0 saturated heterocycles. The summed E-state index contributed by atoms with van der Waals surface area (Å²) in [7, 11) is 0. The molecule has 0 aliphatic heterocycles. The zero-order valence-electron chi connectivity index (χ0n) is 11.0. The number of carbonyl (C=O) groups excluding carboxylic acids is 1. The van der Waals surface area contributed by atoms with Gasteiger partial charge in [-0.05, 0) is 33.6 Å². The zero-order chi connectivity index (χ0) is 15.2. The fourth-order valence-electron chi connectivity index (χ4n) is 1.88. The van der Waals surface area contributed by atoms with E-state index in [1.54, 1.807) is 42.6 Å². The number of pyridine rings is 1. The largest absolute Gasteiger partial charge is 0.481 e. The van der Waals surface area contributed by atoms with Gasteiger partial charge in [-0.15, -0.1) is 0 Å². The molecule has 2 N–H and O–H groups in total. The number of benzene rings is 1. The lowest BCUT2D eigenvalue weighted by Gasteiger charge is -2.14. The molecule has 21 heavy (non-hydrogen) atoms. The van der Waals surface area contributed by atoms with Crippen molar-refractivity contribution in [1.82, 2.24) is 10.3 Å². The molecule has 1 aromatic heterocycles. The van der Waals surface area contributed by atoms with Crippen LogP contribution in [0.3, 0.4) is 0 Å². The summed E-state index contributed by atoms with van der Waals surface area (Å²) < 4.78 is 0.425. The van der Waals surface area contributed by atoms with Crippen LogP contribution in [0.1, 0.15) is 21.8 Å². The Morgan fingerprint density at radius 3 is 2.52 bits per heavy atom. The summed E-state index contributed by atoms with van der Waals surface area (Å²) in [4.78, 5) is 27.4. The van der Waals surface area contributed by atoms with Crippen LogP contribution in [0.25, 0.3) is 0 Å². The van der Waals surface area contributed by atoms with E-state index in [0.29, 0.717) is 15.7 Å². The van der Waals surface area contributed by atoms with Crippen LogP contribution in [0, 0.1) is 0 Å². The third-order valence-electron chi connectivity index (χ3n) is 2.97. The van der Waals surface area contributed by atoms with E-state index in [0.717, 1.165) is 0 Å². The van der Waals surface area contributed by atoms with E-state index >= 15 is 0 Å². The van der Waals surface area contributed by atoms with Crippen molar-refractivity contribution in [3.05, 3.63) is 64.4 Å². The number of aliphatic carboxylic acids is 1. The van der Waals surface area contributed by atoms with Gasteiger partial charge < -0.3 is 10.4 Å². The second-order valence-electron chi connectivity index (χ2n) is 4.35. The third kappa shape index (κ3) is 3.88. The molecule has 0 saturated carbocycles. The Hall–Kier alpha value is -2.21. The Morgan fingerprint density at radius 1 is 1.19 bits per heavy atom. The summed E-state index contributed by atoms with van der Waals surface area (Å²) in [6, 6.07) is 12.1. The average molecular weight is 349 g/mol. The summed E-state index contributed by atoms with van der Waals surface area (Å²) in [6.45, 7) is 0.0134. The molecule has 5 nitrogen and oxygen atoms in total. The minimum atomic E-state index is -0.980. The number of rotatable bonds is 5. The Morgan fingerprint density at radius 2 is 1.90 bits per heavy atom. The molecular formula is C15H13BrN2O3. The second kappa shape index (κ2) is 6.99. The maximum absolute atomic E-state index is 12.0. The number of nitrogens with one attached hydrogen (secondary N) is 1. The van der Waals surface area contributed by atoms with Gasteiger partial charge in [-0.3, -0.25) is 9.59 Å². The molecule has 2 rings (SSSR count). The molecule has 2 aromatic rings. The average Bonchev–Trinajstić information content (AvgIpc) is 2.48. The number of nitrogens with zero attached hydrogens (tertiary/aromatic N) is 1. The number of hydrogen-bond donors (Lipinski definition) is 2. The molecule has 1 aromatic carbocycles. The van der Waals surface area contributed by atoms with Crippen molar-refractivity contribution in [3.8, 4) is 0 Å². The highest BCUT2D eigenvalue weighted by atomic mass is 79.9. The van der Waals surface area contributed by atoms with Crippen molar-refractivity contribution in [2.24, 2.45) is 0 Å². The van der Waals surface area contributed by atoms with Crippen LogP contribution in [-0.4, -0.2) is 28.5 Å². The van der Waals surface area contributed by atoms with Crippen LogP contribution in [0.15, 0.2) is 53.3 Å². The van der Waals surface area contributed by atoms with Crippen LogP contribution in [0.5, 0.6) is 0 Å². The lowest BCUT2D eigenvalue weighted by molar-refractivity contribution is -0.138. The summed E-state index contributed by atoms with van der Waals surface area (Å²) >= 11 is 3.19. The van der Waals surface area contributed by atoms with Crippen molar-refractivity contribution in [3.63, 3.8) is 0 Å². The van der Waals surface area contributed by atoms with E-state index < -0.39 is 11.9 Å². The summed E-state index contributed by atoms with van der Waals surface area (Å²) in [6.07, 6.45) is 1.56. The van der Waals surface area contributed by atoms with Gasteiger partial charge in [-0.1, -0.05) is 30.3 Å². The van der Waals surface area contributed by atoms with E-state index in [1.165, 1.54) is 0 Å². The first-order valence-electron chi connectivity index (χ1n) is 6.26. The first kappa shape index (κ1) is 15.2. The van der Waals surface area contributed by atoms with Gasteiger partial charge in [0, 0.05) is 12.7 Å². The van der Waals surface area contributed by atoms with Gasteiger partial charge in [0.25, 0.3) is 5.91 Å². The SMILES string of the molecule is O=C(NCC(C(=O)O)c1ccccc1)c1cccnc1Br. The Balaban J connectivity index is 2.08. The van der Waals surface area contributed by atoms with Crippen molar-refractivity contribution < 1.29 is 14.7 Å². The molecule has 6 heteroatoms. The van der Waals surface area contributed by atoms with E-state index in [2.05, 4.69) is 26.2 Å². The van der Waals surface area contributed by atoms with Crippen LogP contribution < -0.4 is 5.32 Å². The molecule has 0 aliphatic rings. The zero-order valence-corrected chi connectivity index (χ0v) is 12.6. The predicted octanol–water partition coefficient (Wildman–Crippen LogP) is 2.44. The number of aromatic nitrogens is 1. The van der Waals surface area contributed by atoms with Crippen molar-refractivity contribution in [1.29, 1.82) is 0 Å². The summed E-state index contributed by atoms with van der Waals surface area (Å²) in [5.41, 5.74) is 1.02. The molecule has 0 spiro atoms. The maximum Gasteiger partial charge on any atom is 0.312 e. The van der Waals surface area contributed by atoms with Crippen molar-refractivity contribution >= 4 is 27.8 Å². The second-order valence-corrected chi connectivity index (χ2v) is 5.10. The molecule has 0 aliphatic carbocycles. The Kier molecular flexibility index (Phi) is 5.05. The summed E-state index contributed by atoms with van der Waals surface area (Å²) in [5, 5.41) is 11.9. The fourth-order valence-corrected chi connectivity index (χ4v) is 2.31. The highest BCUT2D eigenvalue weighted by molar-refractivity contribution is 9.10. The molecule has 108 valence electrons. The van der Waals surface area contributed by atoms with Crippen LogP contribution in [0.4, 0.5) is 0 Å². The van der Waals surface area contributed by atoms with Gasteiger partial charge in [-0.25, -0.2) is 4.98 Å². The van der Waals surface area contributed by atoms with Gasteiger partial charge in [0.15, 0.2) is 0 Å². The number of amides is 1. The number of carboxylic acids is 1. The van der Waals surface area contributed by atoms with Crippen LogP contribution >= 0.6 is 15.9 Å². The summed E-state index contributed by atoms with van der Waals surface area (Å²) in [5.74, 6) is -2.13. The monoisotopic (exact) mass is 348 g/mol. The lowest BCUT2D eigenvalue weighted by Crippen LogP contribution is -2.32. The van der Waals surface area contributed by atoms with Crippen molar-refractivity contribution in [2.45, 2.75) is 5.92 Å². The Labute approximate surface area is 130 Å². The quantitative estimate of drug-likeness (QED) is 0.813. The normalized spacial score (nSPS) is 11.7. The number of halogens is 1. The standard InChI is InChI=1S/C15H13BrN2O3/c16-13-11(7-4-8-17-13)14(19)18-9-12(15(20)21)10-5-2-1-3-6-10/h1-8,12H,9H2,(H,18,19)(H,20,21). The van der Waals surface area contributed by atoms with Gasteiger partial charge >= 0.3 is 5.97 Å². The molecule has 0 bridgehead atoms. The molecule has 1 unspecified atom stereocenters. The van der Waals surface area contributed by atoms with E-state index in [1.807, 2.05) is 6.07 Å². The van der Waals surface area contributed by atoms with Gasteiger partial charge in [0.2, 0.25) is 0 Å². The lowest BCUT2D eigenvalue weighted by atomic mass is 9.99. The molecule has 0 fully saturated rings. The predicted molar refractivity (Wildman–Crippen MR) is 81.1 cm³/mol. The van der Waals surface area contributed by atoms with Gasteiger partial charge in [0.05, 0.1) is 11.5 Å². The van der Waals surface area contributed by atoms with E-state index in [9.17, 15) is 14.7 Å². The topological polar surface area (TPSA) is 79.3 Å². The highest BCUT2D eigenvalue weighted by Gasteiger charge is 2.21.